The van der Waals surface area contributed by atoms with Crippen LogP contribution in [0.4, 0.5) is 4.39 Å². The Morgan fingerprint density at radius 1 is 1.27 bits per heavy atom. The number of halogens is 1. The molecule has 0 heterocycles. The second-order valence-corrected chi connectivity index (χ2v) is 4.53. The summed E-state index contributed by atoms with van der Waals surface area (Å²) >= 11 is 0. The van der Waals surface area contributed by atoms with Crippen molar-refractivity contribution in [1.29, 1.82) is 0 Å². The average Bonchev–Trinajstić information content (AvgIpc) is 2.18. The van der Waals surface area contributed by atoms with E-state index in [2.05, 4.69) is 0 Å². The molecule has 0 fully saturated rings. The van der Waals surface area contributed by atoms with Gasteiger partial charge in [-0.25, -0.2) is 4.39 Å². The molecule has 1 aromatic rings. The second kappa shape index (κ2) is 4.75. The van der Waals surface area contributed by atoms with Gasteiger partial charge in [-0.1, -0.05) is 39.3 Å². The van der Waals surface area contributed by atoms with Gasteiger partial charge in [-0.15, -0.1) is 0 Å². The summed E-state index contributed by atoms with van der Waals surface area (Å²) in [6, 6.07) is 6.37. The average molecular weight is 210 g/mol. The Labute approximate surface area is 90.9 Å². The van der Waals surface area contributed by atoms with Crippen LogP contribution >= 0.6 is 0 Å². The van der Waals surface area contributed by atoms with Crippen molar-refractivity contribution >= 4 is 0 Å². The summed E-state index contributed by atoms with van der Waals surface area (Å²) in [5.41, 5.74) is 0.661. The van der Waals surface area contributed by atoms with Crippen LogP contribution in [0.1, 0.15) is 39.2 Å². The Morgan fingerprint density at radius 2 is 1.80 bits per heavy atom. The first kappa shape index (κ1) is 12.2. The lowest BCUT2D eigenvalue weighted by molar-refractivity contribution is 0.0905. The van der Waals surface area contributed by atoms with Gasteiger partial charge in [-0.2, -0.15) is 0 Å². The fourth-order valence-corrected chi connectivity index (χ4v) is 1.71. The van der Waals surface area contributed by atoms with E-state index in [0.717, 1.165) is 18.4 Å². The highest BCUT2D eigenvalue weighted by Gasteiger charge is 2.28. The summed E-state index contributed by atoms with van der Waals surface area (Å²) in [6.45, 7) is 6.02. The van der Waals surface area contributed by atoms with Crippen LogP contribution in [0.3, 0.4) is 0 Å². The van der Waals surface area contributed by atoms with Crippen molar-refractivity contribution in [3.05, 3.63) is 35.6 Å². The highest BCUT2D eigenvalue weighted by Crippen LogP contribution is 2.29. The van der Waals surface area contributed by atoms with Gasteiger partial charge in [0.15, 0.2) is 0 Å². The van der Waals surface area contributed by atoms with Crippen LogP contribution in [0.5, 0.6) is 0 Å². The van der Waals surface area contributed by atoms with Crippen molar-refractivity contribution in [2.75, 3.05) is 0 Å². The largest absolute Gasteiger partial charge is 0.392 e. The molecule has 0 aliphatic rings. The van der Waals surface area contributed by atoms with E-state index in [4.69, 9.17) is 0 Å². The summed E-state index contributed by atoms with van der Waals surface area (Å²) in [5.74, 6) is -0.237. The van der Waals surface area contributed by atoms with Crippen LogP contribution in [0, 0.1) is 5.82 Å². The fraction of sp³-hybridized carbons (Fsp3) is 0.538. The lowest BCUT2D eigenvalue weighted by Gasteiger charge is -2.31. The predicted octanol–water partition coefficient (Wildman–Crippen LogP) is 3.26. The Bertz CT molecular complexity index is 303. The molecule has 0 unspecified atom stereocenters. The van der Waals surface area contributed by atoms with E-state index in [9.17, 15) is 9.50 Å². The lowest BCUT2D eigenvalue weighted by atomic mass is 9.78. The van der Waals surface area contributed by atoms with E-state index in [-0.39, 0.29) is 17.3 Å². The monoisotopic (exact) mass is 210 g/mol. The number of benzene rings is 1. The Hall–Kier alpha value is -0.890. The Balaban J connectivity index is 2.89. The predicted molar refractivity (Wildman–Crippen MR) is 60.3 cm³/mol. The van der Waals surface area contributed by atoms with Gasteiger partial charge in [-0.05, 0) is 24.1 Å². The van der Waals surface area contributed by atoms with E-state index < -0.39 is 0 Å². The van der Waals surface area contributed by atoms with Crippen LogP contribution in [-0.4, -0.2) is 11.2 Å². The first-order valence-corrected chi connectivity index (χ1v) is 5.42. The molecule has 2 heteroatoms. The summed E-state index contributed by atoms with van der Waals surface area (Å²) in [4.78, 5) is 0. The molecule has 0 radical (unpaired) electrons. The van der Waals surface area contributed by atoms with E-state index in [1.54, 1.807) is 12.1 Å². The molecule has 1 nitrogen and oxygen atoms in total. The third-order valence-electron chi connectivity index (χ3n) is 2.98. The third kappa shape index (κ3) is 2.78. The Kier molecular flexibility index (Phi) is 3.86. The molecule has 1 N–H and O–H groups in total. The van der Waals surface area contributed by atoms with Gasteiger partial charge < -0.3 is 5.11 Å². The Morgan fingerprint density at radius 3 is 2.27 bits per heavy atom. The zero-order valence-corrected chi connectivity index (χ0v) is 9.63. The maximum Gasteiger partial charge on any atom is 0.123 e. The van der Waals surface area contributed by atoms with Gasteiger partial charge in [-0.3, -0.25) is 0 Å². The van der Waals surface area contributed by atoms with Crippen molar-refractivity contribution in [3.63, 3.8) is 0 Å². The molecule has 1 atom stereocenters. The fourth-order valence-electron chi connectivity index (χ4n) is 1.71. The van der Waals surface area contributed by atoms with E-state index in [0.29, 0.717) is 0 Å². The molecular formula is C13H19FO. The normalized spacial score (nSPS) is 13.9. The molecule has 0 amide bonds. The first-order valence-electron chi connectivity index (χ1n) is 5.42. The SMILES string of the molecule is CCC[C@H](O)C(C)(C)c1ccc(F)cc1. The second-order valence-electron chi connectivity index (χ2n) is 4.53. The standard InChI is InChI=1S/C13H19FO/c1-4-5-12(15)13(2,3)10-6-8-11(14)9-7-10/h6-9,12,15H,4-5H2,1-3H3/t12-/m0/s1. The van der Waals surface area contributed by atoms with Crippen molar-refractivity contribution in [3.8, 4) is 0 Å². The smallest absolute Gasteiger partial charge is 0.123 e. The van der Waals surface area contributed by atoms with Gasteiger partial charge in [0.05, 0.1) is 6.10 Å². The molecular weight excluding hydrogens is 191 g/mol. The van der Waals surface area contributed by atoms with E-state index >= 15 is 0 Å². The van der Waals surface area contributed by atoms with Crippen molar-refractivity contribution < 1.29 is 9.50 Å². The lowest BCUT2D eigenvalue weighted by Crippen LogP contribution is -2.33. The maximum absolute atomic E-state index is 12.8. The summed E-state index contributed by atoms with van der Waals surface area (Å²) < 4.78 is 12.8. The van der Waals surface area contributed by atoms with Crippen LogP contribution in [-0.2, 0) is 5.41 Å². The van der Waals surface area contributed by atoms with Crippen LogP contribution in [0.2, 0.25) is 0 Å². The van der Waals surface area contributed by atoms with Gasteiger partial charge in [0.25, 0.3) is 0 Å². The summed E-state index contributed by atoms with van der Waals surface area (Å²) in [7, 11) is 0. The van der Waals surface area contributed by atoms with Crippen LogP contribution in [0.25, 0.3) is 0 Å². The molecule has 0 aromatic heterocycles. The van der Waals surface area contributed by atoms with Crippen molar-refractivity contribution in [2.45, 2.75) is 45.1 Å². The molecule has 0 spiro atoms. The minimum absolute atomic E-state index is 0.237. The van der Waals surface area contributed by atoms with Gasteiger partial charge >= 0.3 is 0 Å². The quantitative estimate of drug-likeness (QED) is 0.808. The topological polar surface area (TPSA) is 20.2 Å². The number of aliphatic hydroxyl groups is 1. The summed E-state index contributed by atoms with van der Waals surface area (Å²) in [6.07, 6.45) is 1.34. The molecule has 15 heavy (non-hydrogen) atoms. The van der Waals surface area contributed by atoms with Crippen molar-refractivity contribution in [1.82, 2.24) is 0 Å². The number of hydrogen-bond donors (Lipinski definition) is 1. The number of rotatable bonds is 4. The molecule has 1 rings (SSSR count). The zero-order chi connectivity index (χ0) is 11.5. The molecule has 0 bridgehead atoms. The van der Waals surface area contributed by atoms with Gasteiger partial charge in [0, 0.05) is 5.41 Å². The van der Waals surface area contributed by atoms with E-state index in [1.165, 1.54) is 12.1 Å². The van der Waals surface area contributed by atoms with Crippen LogP contribution in [0.15, 0.2) is 24.3 Å². The van der Waals surface area contributed by atoms with E-state index in [1.807, 2.05) is 20.8 Å². The van der Waals surface area contributed by atoms with Gasteiger partial charge in [0.2, 0.25) is 0 Å². The van der Waals surface area contributed by atoms with Crippen molar-refractivity contribution in [2.24, 2.45) is 0 Å². The third-order valence-corrected chi connectivity index (χ3v) is 2.98. The first-order chi connectivity index (χ1) is 6.98. The van der Waals surface area contributed by atoms with Crippen LogP contribution < -0.4 is 0 Å². The zero-order valence-electron chi connectivity index (χ0n) is 9.63. The minimum atomic E-state index is -0.382. The number of hydrogen-bond acceptors (Lipinski definition) is 1. The molecule has 0 aliphatic heterocycles. The highest BCUT2D eigenvalue weighted by molar-refractivity contribution is 5.25. The molecule has 0 aliphatic carbocycles. The molecule has 0 saturated carbocycles. The number of aliphatic hydroxyl groups excluding tert-OH is 1. The highest BCUT2D eigenvalue weighted by atomic mass is 19.1. The van der Waals surface area contributed by atoms with Gasteiger partial charge in [0.1, 0.15) is 5.82 Å². The molecule has 84 valence electrons. The molecule has 1 aromatic carbocycles. The summed E-state index contributed by atoms with van der Waals surface area (Å²) in [5, 5.41) is 10.0. The minimum Gasteiger partial charge on any atom is -0.392 e. The maximum atomic E-state index is 12.8. The molecule has 0 saturated heterocycles.